The van der Waals surface area contributed by atoms with E-state index in [9.17, 15) is 13.2 Å². The Morgan fingerprint density at radius 3 is 2.69 bits per heavy atom. The quantitative estimate of drug-likeness (QED) is 0.600. The van der Waals surface area contributed by atoms with Gasteiger partial charge >= 0.3 is 6.09 Å². The minimum atomic E-state index is -3.53. The number of likely N-dealkylation sites (N-methyl/N-ethyl adjacent to an activating group) is 1. The van der Waals surface area contributed by atoms with Gasteiger partial charge in [0.05, 0.1) is 5.75 Å². The zero-order valence-electron chi connectivity index (χ0n) is 7.39. The van der Waals surface area contributed by atoms with E-state index in [-0.39, 0.29) is 12.4 Å². The van der Waals surface area contributed by atoms with E-state index in [2.05, 4.69) is 8.92 Å². The number of rotatable bonds is 3. The highest BCUT2D eigenvalue weighted by Gasteiger charge is 2.33. The van der Waals surface area contributed by atoms with Gasteiger partial charge in [-0.05, 0) is 6.92 Å². The zero-order chi connectivity index (χ0) is 10.1. The maximum absolute atomic E-state index is 11.0. The highest BCUT2D eigenvalue weighted by atomic mass is 32.2. The smallest absolute Gasteiger partial charge is 0.411 e. The van der Waals surface area contributed by atoms with Crippen molar-refractivity contribution in [2.75, 3.05) is 19.4 Å². The second kappa shape index (κ2) is 3.51. The van der Waals surface area contributed by atoms with Crippen LogP contribution in [0.2, 0.25) is 0 Å². The van der Waals surface area contributed by atoms with Crippen LogP contribution in [0.1, 0.15) is 6.92 Å². The number of amides is 1. The van der Waals surface area contributed by atoms with Gasteiger partial charge in [-0.25, -0.2) is 8.98 Å². The van der Waals surface area contributed by atoms with Crippen molar-refractivity contribution in [3.8, 4) is 0 Å². The van der Waals surface area contributed by atoms with E-state index >= 15 is 0 Å². The SMILES string of the molecule is CCS(=O)(=O)OC1COC(=O)N1C. The average molecular weight is 209 g/mol. The first-order chi connectivity index (χ1) is 5.96. The molecule has 1 atom stereocenters. The standard InChI is InChI=1S/C6H11NO5S/c1-3-13(9,10)12-5-4-11-6(8)7(5)2/h5H,3-4H2,1-2H3. The average Bonchev–Trinajstić information content (AvgIpc) is 2.36. The Hall–Kier alpha value is -0.820. The van der Waals surface area contributed by atoms with Crippen LogP contribution in [-0.2, 0) is 19.0 Å². The van der Waals surface area contributed by atoms with Gasteiger partial charge in [-0.15, -0.1) is 0 Å². The molecule has 0 aliphatic carbocycles. The highest BCUT2D eigenvalue weighted by molar-refractivity contribution is 7.86. The van der Waals surface area contributed by atoms with Crippen LogP contribution in [0.3, 0.4) is 0 Å². The van der Waals surface area contributed by atoms with Gasteiger partial charge in [0.2, 0.25) is 0 Å². The molecular weight excluding hydrogens is 198 g/mol. The second-order valence-corrected chi connectivity index (χ2v) is 4.47. The largest absolute Gasteiger partial charge is 0.445 e. The van der Waals surface area contributed by atoms with Gasteiger partial charge in [0, 0.05) is 7.05 Å². The van der Waals surface area contributed by atoms with Crippen LogP contribution >= 0.6 is 0 Å². The van der Waals surface area contributed by atoms with Gasteiger partial charge in [-0.1, -0.05) is 0 Å². The van der Waals surface area contributed by atoms with E-state index in [4.69, 9.17) is 0 Å². The summed E-state index contributed by atoms with van der Waals surface area (Å²) in [5.41, 5.74) is 0. The fourth-order valence-electron chi connectivity index (χ4n) is 0.803. The molecular formula is C6H11NO5S. The van der Waals surface area contributed by atoms with E-state index in [1.807, 2.05) is 0 Å². The first kappa shape index (κ1) is 10.3. The molecule has 0 aromatic rings. The Kier molecular flexibility index (Phi) is 2.77. The van der Waals surface area contributed by atoms with Crippen LogP contribution < -0.4 is 0 Å². The first-order valence-corrected chi connectivity index (χ1v) is 5.34. The summed E-state index contributed by atoms with van der Waals surface area (Å²) in [5.74, 6) is -0.120. The predicted octanol–water partition coefficient (Wildman–Crippen LogP) is -0.239. The molecule has 0 N–H and O–H groups in total. The molecule has 1 amide bonds. The summed E-state index contributed by atoms with van der Waals surface area (Å²) in [6.45, 7) is 1.42. The number of carbonyl (C=O) groups is 1. The number of cyclic esters (lactones) is 1. The Bertz CT molecular complexity index is 298. The van der Waals surface area contributed by atoms with E-state index in [0.717, 1.165) is 4.90 Å². The Balaban J connectivity index is 2.62. The highest BCUT2D eigenvalue weighted by Crippen LogP contribution is 2.13. The lowest BCUT2D eigenvalue weighted by molar-refractivity contribution is 0.105. The molecule has 76 valence electrons. The van der Waals surface area contributed by atoms with Crippen LogP contribution in [0.4, 0.5) is 4.79 Å². The molecule has 0 aromatic heterocycles. The lowest BCUT2D eigenvalue weighted by atomic mass is 10.6. The van der Waals surface area contributed by atoms with Crippen molar-refractivity contribution in [2.24, 2.45) is 0 Å². The van der Waals surface area contributed by atoms with Crippen molar-refractivity contribution in [1.82, 2.24) is 4.90 Å². The normalized spacial score (nSPS) is 23.4. The van der Waals surface area contributed by atoms with Gasteiger partial charge in [0.1, 0.15) is 6.61 Å². The molecule has 1 heterocycles. The molecule has 0 spiro atoms. The molecule has 1 aliphatic rings. The van der Waals surface area contributed by atoms with Crippen molar-refractivity contribution >= 4 is 16.2 Å². The van der Waals surface area contributed by atoms with Crippen LogP contribution in [0, 0.1) is 0 Å². The lowest BCUT2D eigenvalue weighted by Gasteiger charge is -2.15. The third kappa shape index (κ3) is 2.31. The summed E-state index contributed by atoms with van der Waals surface area (Å²) < 4.78 is 31.2. The molecule has 1 fully saturated rings. The van der Waals surface area contributed by atoms with E-state index < -0.39 is 22.4 Å². The molecule has 1 unspecified atom stereocenters. The van der Waals surface area contributed by atoms with Crippen molar-refractivity contribution in [1.29, 1.82) is 0 Å². The lowest BCUT2D eigenvalue weighted by Crippen LogP contribution is -2.34. The monoisotopic (exact) mass is 209 g/mol. The number of carbonyl (C=O) groups excluding carboxylic acids is 1. The Labute approximate surface area is 76.5 Å². The molecule has 0 saturated carbocycles. The molecule has 1 aliphatic heterocycles. The van der Waals surface area contributed by atoms with Crippen LogP contribution in [0.5, 0.6) is 0 Å². The Morgan fingerprint density at radius 2 is 2.31 bits per heavy atom. The summed E-state index contributed by atoms with van der Waals surface area (Å²) in [7, 11) is -2.11. The number of nitrogens with zero attached hydrogens (tertiary/aromatic N) is 1. The minimum Gasteiger partial charge on any atom is -0.445 e. The van der Waals surface area contributed by atoms with Crippen LogP contribution in [-0.4, -0.2) is 45.0 Å². The predicted molar refractivity (Wildman–Crippen MR) is 43.4 cm³/mol. The van der Waals surface area contributed by atoms with Crippen molar-refractivity contribution in [2.45, 2.75) is 13.2 Å². The summed E-state index contributed by atoms with van der Waals surface area (Å²) in [5, 5.41) is 0. The van der Waals surface area contributed by atoms with Gasteiger partial charge in [0.25, 0.3) is 10.1 Å². The molecule has 13 heavy (non-hydrogen) atoms. The molecule has 6 nitrogen and oxygen atoms in total. The van der Waals surface area contributed by atoms with Crippen molar-refractivity contribution in [3.63, 3.8) is 0 Å². The molecule has 1 rings (SSSR count). The maximum atomic E-state index is 11.0. The van der Waals surface area contributed by atoms with Crippen LogP contribution in [0.25, 0.3) is 0 Å². The van der Waals surface area contributed by atoms with Gasteiger partial charge < -0.3 is 4.74 Å². The fraction of sp³-hybridized carbons (Fsp3) is 0.833. The Morgan fingerprint density at radius 1 is 1.69 bits per heavy atom. The van der Waals surface area contributed by atoms with E-state index in [1.54, 1.807) is 0 Å². The topological polar surface area (TPSA) is 72.9 Å². The third-order valence-electron chi connectivity index (χ3n) is 1.68. The summed E-state index contributed by atoms with van der Waals surface area (Å²) >= 11 is 0. The van der Waals surface area contributed by atoms with Crippen LogP contribution in [0.15, 0.2) is 0 Å². The maximum Gasteiger partial charge on any atom is 0.411 e. The second-order valence-electron chi connectivity index (χ2n) is 2.59. The molecule has 1 saturated heterocycles. The van der Waals surface area contributed by atoms with Crippen molar-refractivity contribution in [3.05, 3.63) is 0 Å². The fourth-order valence-corrected chi connectivity index (χ4v) is 1.46. The summed E-state index contributed by atoms with van der Waals surface area (Å²) in [6, 6.07) is 0. The third-order valence-corrected chi connectivity index (χ3v) is 2.90. The number of ether oxygens (including phenoxy) is 1. The molecule has 7 heteroatoms. The minimum absolute atomic E-state index is 0.0471. The first-order valence-electron chi connectivity index (χ1n) is 3.77. The molecule has 0 radical (unpaired) electrons. The number of hydrogen-bond acceptors (Lipinski definition) is 5. The van der Waals surface area contributed by atoms with Gasteiger partial charge in [0.15, 0.2) is 6.23 Å². The number of hydrogen-bond donors (Lipinski definition) is 0. The molecule has 0 bridgehead atoms. The van der Waals surface area contributed by atoms with E-state index in [0.29, 0.717) is 0 Å². The van der Waals surface area contributed by atoms with E-state index in [1.165, 1.54) is 14.0 Å². The molecule has 0 aromatic carbocycles. The summed E-state index contributed by atoms with van der Waals surface area (Å²) in [6.07, 6.45) is -1.39. The summed E-state index contributed by atoms with van der Waals surface area (Å²) in [4.78, 5) is 11.9. The van der Waals surface area contributed by atoms with Gasteiger partial charge in [-0.3, -0.25) is 4.90 Å². The van der Waals surface area contributed by atoms with Gasteiger partial charge in [-0.2, -0.15) is 8.42 Å². The van der Waals surface area contributed by atoms with Crippen molar-refractivity contribution < 1.29 is 22.1 Å². The zero-order valence-corrected chi connectivity index (χ0v) is 8.20.